The van der Waals surface area contributed by atoms with Gasteiger partial charge in [0.15, 0.2) is 0 Å². The number of ether oxygens (including phenoxy) is 5. The lowest BCUT2D eigenvalue weighted by molar-refractivity contribution is -0.870. The Morgan fingerprint density at radius 1 is 0.771 bits per heavy atom. The van der Waals surface area contributed by atoms with E-state index < -0.39 is 19.9 Å². The Bertz CT molecular complexity index is 559. The van der Waals surface area contributed by atoms with Crippen LogP contribution >= 0.6 is 7.82 Å². The fourth-order valence-electron chi connectivity index (χ4n) is 2.79. The second-order valence-electron chi connectivity index (χ2n) is 9.26. The summed E-state index contributed by atoms with van der Waals surface area (Å²) in [7, 11) is 3.26. The molecule has 12 heteroatoms. The fourth-order valence-corrected chi connectivity index (χ4v) is 3.53. The molecule has 2 atom stereocenters. The number of quaternary nitrogens is 1. The number of methoxy groups -OCH3 is 1. The molecule has 2 unspecified atom stereocenters. The highest BCUT2D eigenvalue weighted by molar-refractivity contribution is 7.47. The molecule has 0 aromatic heterocycles. The summed E-state index contributed by atoms with van der Waals surface area (Å²) >= 11 is 0. The number of phosphoric acid groups is 1. The molecule has 0 aromatic rings. The molecule has 0 spiro atoms. The van der Waals surface area contributed by atoms with Gasteiger partial charge in [-0.05, 0) is 12.8 Å². The Hall–Kier alpha value is -0.620. The van der Waals surface area contributed by atoms with Crippen molar-refractivity contribution in [1.29, 1.82) is 0 Å². The first-order valence-electron chi connectivity index (χ1n) is 12.4. The summed E-state index contributed by atoms with van der Waals surface area (Å²) in [5, 5.41) is 0. The number of nitrogens with zero attached hydrogens (tertiary/aromatic N) is 1. The number of hydrogen-bond acceptors (Lipinski definition) is 9. The molecule has 0 saturated heterocycles. The Morgan fingerprint density at radius 3 is 1.89 bits per heavy atom. The minimum Gasteiger partial charge on any atom is -0.458 e. The van der Waals surface area contributed by atoms with E-state index in [-0.39, 0.29) is 19.8 Å². The van der Waals surface area contributed by atoms with Gasteiger partial charge in [0.2, 0.25) is 0 Å². The van der Waals surface area contributed by atoms with Gasteiger partial charge in [-0.1, -0.05) is 25.7 Å². The van der Waals surface area contributed by atoms with E-state index in [1.165, 1.54) is 6.92 Å². The lowest BCUT2D eigenvalue weighted by Crippen LogP contribution is -2.37. The lowest BCUT2D eigenvalue weighted by atomic mass is 10.1. The minimum atomic E-state index is -4.23. The molecule has 0 fully saturated rings. The van der Waals surface area contributed by atoms with Crippen LogP contribution < -0.4 is 0 Å². The smallest absolute Gasteiger partial charge is 0.458 e. The molecule has 0 aliphatic carbocycles. The average Bonchev–Trinajstić information content (AvgIpc) is 2.75. The summed E-state index contributed by atoms with van der Waals surface area (Å²) < 4.78 is 49.0. The molecule has 0 radical (unpaired) electrons. The van der Waals surface area contributed by atoms with Gasteiger partial charge in [-0.2, -0.15) is 0 Å². The molecular formula is C23H49NO10P+. The van der Waals surface area contributed by atoms with Gasteiger partial charge in [0.1, 0.15) is 19.3 Å². The maximum absolute atomic E-state index is 12.0. The maximum Gasteiger partial charge on any atom is 0.472 e. The predicted octanol–water partition coefficient (Wildman–Crippen LogP) is 2.79. The van der Waals surface area contributed by atoms with Gasteiger partial charge in [-0.15, -0.1) is 0 Å². The van der Waals surface area contributed by atoms with Crippen LogP contribution in [0.3, 0.4) is 0 Å². The van der Waals surface area contributed by atoms with Gasteiger partial charge in [-0.3, -0.25) is 13.8 Å². The summed E-state index contributed by atoms with van der Waals surface area (Å²) in [5.74, 6) is -0.511. The van der Waals surface area contributed by atoms with E-state index in [4.69, 9.17) is 32.7 Å². The Morgan fingerprint density at radius 2 is 1.31 bits per heavy atom. The Balaban J connectivity index is 3.77. The molecule has 210 valence electrons. The molecule has 0 rings (SSSR count). The molecule has 0 amide bonds. The van der Waals surface area contributed by atoms with E-state index >= 15 is 0 Å². The van der Waals surface area contributed by atoms with Crippen LogP contribution in [0.25, 0.3) is 0 Å². The summed E-state index contributed by atoms with van der Waals surface area (Å²) in [6.07, 6.45) is 5.54. The molecule has 11 nitrogen and oxygen atoms in total. The van der Waals surface area contributed by atoms with E-state index in [1.807, 2.05) is 21.1 Å². The van der Waals surface area contributed by atoms with Gasteiger partial charge in [-0.25, -0.2) is 4.57 Å². The summed E-state index contributed by atoms with van der Waals surface area (Å²) in [4.78, 5) is 21.1. The van der Waals surface area contributed by atoms with Crippen molar-refractivity contribution in [2.45, 2.75) is 51.6 Å². The van der Waals surface area contributed by atoms with E-state index in [9.17, 15) is 14.3 Å². The number of likely N-dealkylation sites (N-methyl/N-ethyl adjacent to an activating group) is 1. The number of rotatable bonds is 25. The van der Waals surface area contributed by atoms with Crippen LogP contribution in [-0.4, -0.2) is 116 Å². The number of carbonyl (C=O) groups is 1. The van der Waals surface area contributed by atoms with Gasteiger partial charge in [0.05, 0.1) is 60.8 Å². The van der Waals surface area contributed by atoms with Crippen LogP contribution in [-0.2, 0) is 42.1 Å². The van der Waals surface area contributed by atoms with Crippen LogP contribution in [0.15, 0.2) is 0 Å². The van der Waals surface area contributed by atoms with Crippen LogP contribution in [0, 0.1) is 0 Å². The van der Waals surface area contributed by atoms with Gasteiger partial charge >= 0.3 is 13.8 Å². The normalized spacial score (nSPS) is 14.6. The first kappa shape index (κ1) is 34.4. The highest BCUT2D eigenvalue weighted by atomic mass is 31.2. The van der Waals surface area contributed by atoms with Gasteiger partial charge in [0.25, 0.3) is 0 Å². The quantitative estimate of drug-likeness (QED) is 0.0817. The van der Waals surface area contributed by atoms with E-state index in [2.05, 4.69) is 0 Å². The highest BCUT2D eigenvalue weighted by Crippen LogP contribution is 2.43. The second-order valence-corrected chi connectivity index (χ2v) is 10.7. The number of unbranched alkanes of at least 4 members (excludes halogenated alkanes) is 5. The standard InChI is InChI=1S/C23H48NO10P/c1-22(25)34-23(21-33-35(26,27)32-15-12-24(2,3)4)20-31-14-11-9-7-6-8-10-13-29-18-19-30-17-16-28-5/h23H,6-21H2,1-5H3/p+1. The third-order valence-corrected chi connectivity index (χ3v) is 5.69. The largest absolute Gasteiger partial charge is 0.472 e. The van der Waals surface area contributed by atoms with Crippen LogP contribution in [0.5, 0.6) is 0 Å². The van der Waals surface area contributed by atoms with Crippen LogP contribution in [0.2, 0.25) is 0 Å². The third-order valence-electron chi connectivity index (χ3n) is 4.71. The number of carbonyl (C=O) groups excluding carboxylic acids is 1. The Kier molecular flexibility index (Phi) is 21.1. The highest BCUT2D eigenvalue weighted by Gasteiger charge is 2.25. The first-order valence-corrected chi connectivity index (χ1v) is 13.9. The fraction of sp³-hybridized carbons (Fsp3) is 0.957. The van der Waals surface area contributed by atoms with Crippen molar-refractivity contribution in [3.05, 3.63) is 0 Å². The number of phosphoric ester groups is 1. The molecule has 35 heavy (non-hydrogen) atoms. The van der Waals surface area contributed by atoms with E-state index in [0.29, 0.717) is 44.1 Å². The van der Waals surface area contributed by atoms with Crippen LogP contribution in [0.1, 0.15) is 45.4 Å². The maximum atomic E-state index is 12.0. The minimum absolute atomic E-state index is 0.0727. The zero-order valence-electron chi connectivity index (χ0n) is 22.4. The SMILES string of the molecule is COCCOCCOCCCCCCCCOCC(COP(=O)(O)OCC[N+](C)(C)C)OC(C)=O. The van der Waals surface area contributed by atoms with E-state index in [0.717, 1.165) is 45.1 Å². The summed E-state index contributed by atoms with van der Waals surface area (Å²) in [6.45, 7) is 5.36. The molecule has 0 aliphatic heterocycles. The first-order chi connectivity index (χ1) is 16.6. The predicted molar refractivity (Wildman–Crippen MR) is 132 cm³/mol. The van der Waals surface area contributed by atoms with Gasteiger partial charge in [0, 0.05) is 27.2 Å². The van der Waals surface area contributed by atoms with Crippen molar-refractivity contribution in [2.75, 3.05) is 94.3 Å². The van der Waals surface area contributed by atoms with Crippen molar-refractivity contribution in [3.63, 3.8) is 0 Å². The lowest BCUT2D eigenvalue weighted by Gasteiger charge is -2.24. The molecule has 0 aromatic carbocycles. The molecular weight excluding hydrogens is 481 g/mol. The number of esters is 1. The zero-order chi connectivity index (χ0) is 26.4. The van der Waals surface area contributed by atoms with Gasteiger partial charge < -0.3 is 33.1 Å². The van der Waals surface area contributed by atoms with E-state index in [1.54, 1.807) is 7.11 Å². The average molecular weight is 531 g/mol. The zero-order valence-corrected chi connectivity index (χ0v) is 23.3. The van der Waals surface area contributed by atoms with Crippen molar-refractivity contribution >= 4 is 13.8 Å². The monoisotopic (exact) mass is 530 g/mol. The number of hydrogen-bond donors (Lipinski definition) is 1. The molecule has 0 bridgehead atoms. The van der Waals surface area contributed by atoms with Crippen LogP contribution in [0.4, 0.5) is 0 Å². The van der Waals surface area contributed by atoms with Crippen molar-refractivity contribution in [3.8, 4) is 0 Å². The topological polar surface area (TPSA) is 119 Å². The van der Waals surface area contributed by atoms with Crippen molar-refractivity contribution in [1.82, 2.24) is 0 Å². The Labute approximate surface area is 211 Å². The second kappa shape index (κ2) is 21.5. The molecule has 1 N–H and O–H groups in total. The molecule has 0 aliphatic rings. The summed E-state index contributed by atoms with van der Waals surface area (Å²) in [6, 6.07) is 0. The summed E-state index contributed by atoms with van der Waals surface area (Å²) in [5.41, 5.74) is 0. The van der Waals surface area contributed by atoms with Crippen molar-refractivity contribution < 1.29 is 51.5 Å². The molecule has 0 saturated carbocycles. The third kappa shape index (κ3) is 26.3. The van der Waals surface area contributed by atoms with Crippen molar-refractivity contribution in [2.24, 2.45) is 0 Å². The molecule has 0 heterocycles.